The first-order valence-corrected chi connectivity index (χ1v) is 12.8. The highest BCUT2D eigenvalue weighted by Crippen LogP contribution is 2.71. The molecule has 6 rings (SSSR count). The Bertz CT molecular complexity index is 1180. The Morgan fingerprint density at radius 1 is 1.14 bits per heavy atom. The van der Waals surface area contributed by atoms with E-state index in [-0.39, 0.29) is 36.2 Å². The average molecular weight is 497 g/mol. The van der Waals surface area contributed by atoms with Gasteiger partial charge in [-0.25, -0.2) is 9.78 Å². The van der Waals surface area contributed by atoms with Crippen LogP contribution in [0.4, 0.5) is 0 Å². The number of rotatable bonds is 4. The first-order valence-electron chi connectivity index (χ1n) is 12.8. The van der Waals surface area contributed by atoms with E-state index < -0.39 is 52.5 Å². The number of aliphatic hydroxyl groups is 3. The Morgan fingerprint density at radius 2 is 1.86 bits per heavy atom. The van der Waals surface area contributed by atoms with Crippen molar-refractivity contribution >= 4 is 17.3 Å². The standard InChI is InChI=1S/C28H32O8/c1-25-13-20(31)22-17(18(25)10-11-27(25,34)21(32)14-29)9-8-16-12-19(30)24-28(36-35-24,26(16,22)2)23(33)15-6-4-3-5-7-15/h3-7,12,17-18,20,22,24,29,31,34H,8-11,13-14H2,1-2H3/t17-,18-,20-,22+,24?,25-,26-,27-,28?/m0/s1. The van der Waals surface area contributed by atoms with Gasteiger partial charge in [-0.15, -0.1) is 0 Å². The van der Waals surface area contributed by atoms with Crippen LogP contribution in [0, 0.1) is 28.6 Å². The largest absolute Gasteiger partial charge is 0.393 e. The molecule has 1 aromatic rings. The van der Waals surface area contributed by atoms with Gasteiger partial charge in [0.1, 0.15) is 12.2 Å². The highest BCUT2D eigenvalue weighted by molar-refractivity contribution is 6.11. The predicted octanol–water partition coefficient (Wildman–Crippen LogP) is 1.95. The van der Waals surface area contributed by atoms with Crippen LogP contribution in [0.1, 0.15) is 56.3 Å². The first kappa shape index (κ1) is 24.1. The van der Waals surface area contributed by atoms with Crippen LogP contribution in [-0.2, 0) is 19.4 Å². The lowest BCUT2D eigenvalue weighted by molar-refractivity contribution is -0.503. The molecule has 4 fully saturated rings. The Kier molecular flexibility index (Phi) is 5.12. The molecular weight excluding hydrogens is 464 g/mol. The van der Waals surface area contributed by atoms with Crippen molar-refractivity contribution in [2.45, 2.75) is 69.4 Å². The van der Waals surface area contributed by atoms with Crippen molar-refractivity contribution in [1.82, 2.24) is 0 Å². The van der Waals surface area contributed by atoms with Gasteiger partial charge in [-0.2, -0.15) is 0 Å². The van der Waals surface area contributed by atoms with E-state index in [2.05, 4.69) is 0 Å². The number of carbonyl (C=O) groups is 3. The van der Waals surface area contributed by atoms with E-state index in [0.717, 1.165) is 5.57 Å². The van der Waals surface area contributed by atoms with E-state index in [1.807, 2.05) is 13.8 Å². The number of Topliss-reactive ketones (excluding diaryl/α,β-unsaturated/α-hetero) is 2. The van der Waals surface area contributed by atoms with Gasteiger partial charge < -0.3 is 15.3 Å². The fourth-order valence-corrected chi connectivity index (χ4v) is 8.91. The molecule has 8 nitrogen and oxygen atoms in total. The van der Waals surface area contributed by atoms with E-state index in [1.165, 1.54) is 0 Å². The molecule has 192 valence electrons. The van der Waals surface area contributed by atoms with Gasteiger partial charge in [0.15, 0.2) is 17.7 Å². The molecule has 2 unspecified atom stereocenters. The van der Waals surface area contributed by atoms with Gasteiger partial charge in [0, 0.05) is 22.3 Å². The number of carbonyl (C=O) groups excluding carboxylic acids is 3. The van der Waals surface area contributed by atoms with Crippen molar-refractivity contribution in [3.05, 3.63) is 47.5 Å². The van der Waals surface area contributed by atoms with Crippen molar-refractivity contribution in [3.63, 3.8) is 0 Å². The zero-order chi connectivity index (χ0) is 25.7. The normalized spacial score (nSPS) is 47.0. The zero-order valence-corrected chi connectivity index (χ0v) is 20.5. The van der Waals surface area contributed by atoms with Gasteiger partial charge in [0.2, 0.25) is 11.4 Å². The summed E-state index contributed by atoms with van der Waals surface area (Å²) in [6, 6.07) is 8.69. The molecular formula is C28H32O8. The van der Waals surface area contributed by atoms with Gasteiger partial charge in [-0.1, -0.05) is 49.8 Å². The number of benzene rings is 1. The van der Waals surface area contributed by atoms with Crippen LogP contribution in [0.5, 0.6) is 0 Å². The molecule has 1 aromatic carbocycles. The van der Waals surface area contributed by atoms with Crippen molar-refractivity contribution in [2.24, 2.45) is 28.6 Å². The van der Waals surface area contributed by atoms with Crippen LogP contribution < -0.4 is 0 Å². The predicted molar refractivity (Wildman–Crippen MR) is 125 cm³/mol. The quantitative estimate of drug-likeness (QED) is 0.426. The maximum Gasteiger partial charge on any atom is 0.212 e. The molecule has 1 heterocycles. The van der Waals surface area contributed by atoms with Gasteiger partial charge >= 0.3 is 0 Å². The lowest BCUT2D eigenvalue weighted by Crippen LogP contribution is -2.78. The number of hydrogen-bond donors (Lipinski definition) is 3. The summed E-state index contributed by atoms with van der Waals surface area (Å²) >= 11 is 0. The number of fused-ring (bicyclic) bond motifs is 7. The van der Waals surface area contributed by atoms with Crippen molar-refractivity contribution in [3.8, 4) is 0 Å². The van der Waals surface area contributed by atoms with Gasteiger partial charge in [-0.3, -0.25) is 14.4 Å². The van der Waals surface area contributed by atoms with Crippen LogP contribution in [0.25, 0.3) is 0 Å². The summed E-state index contributed by atoms with van der Waals surface area (Å²) in [5.74, 6) is -1.95. The van der Waals surface area contributed by atoms with Crippen LogP contribution in [-0.4, -0.2) is 62.7 Å². The van der Waals surface area contributed by atoms with Gasteiger partial charge in [0.25, 0.3) is 0 Å². The number of hydrogen-bond acceptors (Lipinski definition) is 8. The van der Waals surface area contributed by atoms with E-state index in [0.29, 0.717) is 24.8 Å². The second-order valence-corrected chi connectivity index (χ2v) is 11.8. The van der Waals surface area contributed by atoms with Crippen molar-refractivity contribution < 1.29 is 39.5 Å². The Hall–Kier alpha value is -2.23. The molecule has 0 radical (unpaired) electrons. The number of aliphatic hydroxyl groups excluding tert-OH is 2. The Labute approximate surface area is 209 Å². The summed E-state index contributed by atoms with van der Waals surface area (Å²) in [6.45, 7) is 2.99. The third-order valence-electron chi connectivity index (χ3n) is 10.7. The maximum absolute atomic E-state index is 14.1. The summed E-state index contributed by atoms with van der Waals surface area (Å²) in [5, 5.41) is 32.8. The monoisotopic (exact) mass is 496 g/mol. The molecule has 0 spiro atoms. The molecule has 3 saturated carbocycles. The summed E-state index contributed by atoms with van der Waals surface area (Å²) in [4.78, 5) is 50.9. The van der Waals surface area contributed by atoms with Crippen molar-refractivity contribution in [2.75, 3.05) is 6.61 Å². The second kappa shape index (κ2) is 7.65. The fourth-order valence-electron chi connectivity index (χ4n) is 8.91. The topological polar surface area (TPSA) is 130 Å². The van der Waals surface area contributed by atoms with E-state index in [4.69, 9.17) is 9.78 Å². The zero-order valence-electron chi connectivity index (χ0n) is 20.5. The summed E-state index contributed by atoms with van der Waals surface area (Å²) in [6.07, 6.45) is 1.61. The minimum Gasteiger partial charge on any atom is -0.393 e. The maximum atomic E-state index is 14.1. The smallest absolute Gasteiger partial charge is 0.212 e. The van der Waals surface area contributed by atoms with Crippen LogP contribution >= 0.6 is 0 Å². The molecule has 0 amide bonds. The summed E-state index contributed by atoms with van der Waals surface area (Å²) < 4.78 is 0. The van der Waals surface area contributed by atoms with Gasteiger partial charge in [0.05, 0.1) is 6.10 Å². The molecule has 4 aliphatic carbocycles. The average Bonchev–Trinajstić information content (AvgIpc) is 3.10. The number of ketones is 3. The van der Waals surface area contributed by atoms with E-state index >= 15 is 0 Å². The molecule has 36 heavy (non-hydrogen) atoms. The van der Waals surface area contributed by atoms with Crippen molar-refractivity contribution in [1.29, 1.82) is 0 Å². The van der Waals surface area contributed by atoms with Crippen LogP contribution in [0.3, 0.4) is 0 Å². The highest BCUT2D eigenvalue weighted by atomic mass is 17.3. The molecule has 3 N–H and O–H groups in total. The molecule has 8 heteroatoms. The minimum atomic E-state index is -1.71. The highest BCUT2D eigenvalue weighted by Gasteiger charge is 2.78. The van der Waals surface area contributed by atoms with E-state index in [9.17, 15) is 29.7 Å². The van der Waals surface area contributed by atoms with Crippen LogP contribution in [0.2, 0.25) is 0 Å². The molecule has 1 aliphatic heterocycles. The van der Waals surface area contributed by atoms with Gasteiger partial charge in [-0.05, 0) is 50.0 Å². The fraction of sp³-hybridized carbons (Fsp3) is 0.607. The molecule has 1 saturated heterocycles. The summed E-state index contributed by atoms with van der Waals surface area (Å²) in [5.41, 5.74) is -4.08. The molecule has 0 aromatic heterocycles. The lowest BCUT2D eigenvalue weighted by Gasteiger charge is -2.66. The molecule has 9 atom stereocenters. The SMILES string of the molecule is C[C@@]12C(=CC(=O)C3OOC31C(=O)c1ccccc1)CC[C@@H]1[C@@H]2[C@@H](O)C[C@@]2(C)[C@H]1CC[C@]2(O)C(=O)CO. The Balaban J connectivity index is 1.49. The first-order chi connectivity index (χ1) is 17.1. The third kappa shape index (κ3) is 2.59. The third-order valence-corrected chi connectivity index (χ3v) is 10.7. The van der Waals surface area contributed by atoms with E-state index in [1.54, 1.807) is 36.4 Å². The second-order valence-electron chi connectivity index (χ2n) is 11.8. The van der Waals surface area contributed by atoms with Crippen LogP contribution in [0.15, 0.2) is 42.0 Å². The molecule has 0 bridgehead atoms. The molecule has 5 aliphatic rings. The Morgan fingerprint density at radius 3 is 2.50 bits per heavy atom. The summed E-state index contributed by atoms with van der Waals surface area (Å²) in [7, 11) is 0. The minimum absolute atomic E-state index is 0.106. The lowest BCUT2D eigenvalue weighted by atomic mass is 9.41.